The Morgan fingerprint density at radius 1 is 1.07 bits per heavy atom. The molecule has 0 aliphatic carbocycles. The summed E-state index contributed by atoms with van der Waals surface area (Å²) in [6.07, 6.45) is 0. The van der Waals surface area contributed by atoms with Crippen molar-refractivity contribution in [2.75, 3.05) is 26.2 Å². The minimum absolute atomic E-state index is 0.135. The molecular weight excluding hydrogens is 352 g/mol. The van der Waals surface area contributed by atoms with Crippen LogP contribution in [0.2, 0.25) is 0 Å². The maximum atomic E-state index is 12.9. The molecule has 5 heteroatoms. The summed E-state index contributed by atoms with van der Waals surface area (Å²) in [7, 11) is 0. The molecule has 1 amide bonds. The molecule has 0 atom stereocenters. The number of benzene rings is 2. The van der Waals surface area contributed by atoms with Gasteiger partial charge < -0.3 is 14.2 Å². The molecule has 1 fully saturated rings. The standard InChI is InChI=1S/C23H24N2O3/c1-16-12-17(2)22-19(13-16)20(26)14-21(28-22)23(27)25-10-8-24(9-11-25)15-18-6-4-3-5-7-18/h3-7,12-14H,8-11,15H2,1-2H3/p+1. The fourth-order valence-corrected chi connectivity index (χ4v) is 3.96. The SMILES string of the molecule is Cc1cc(C)c2oc(C(=O)N3CC[NH+](Cc4ccccc4)CC3)cc(=O)c2c1. The third kappa shape index (κ3) is 3.71. The second-order valence-electron chi connectivity index (χ2n) is 7.64. The van der Waals surface area contributed by atoms with Gasteiger partial charge in [0.05, 0.1) is 31.6 Å². The lowest BCUT2D eigenvalue weighted by Crippen LogP contribution is -3.13. The second kappa shape index (κ2) is 7.60. The van der Waals surface area contributed by atoms with Crippen molar-refractivity contribution < 1.29 is 14.1 Å². The average molecular weight is 377 g/mol. The third-order valence-corrected chi connectivity index (χ3v) is 5.42. The summed E-state index contributed by atoms with van der Waals surface area (Å²) in [5.41, 5.74) is 3.54. The summed E-state index contributed by atoms with van der Waals surface area (Å²) in [4.78, 5) is 28.7. The van der Waals surface area contributed by atoms with E-state index in [1.54, 1.807) is 4.90 Å². The monoisotopic (exact) mass is 377 g/mol. The number of rotatable bonds is 3. The maximum absolute atomic E-state index is 12.9. The predicted molar refractivity (Wildman–Crippen MR) is 109 cm³/mol. The second-order valence-corrected chi connectivity index (χ2v) is 7.64. The van der Waals surface area contributed by atoms with Crippen molar-refractivity contribution >= 4 is 16.9 Å². The van der Waals surface area contributed by atoms with Crippen molar-refractivity contribution in [2.24, 2.45) is 0 Å². The Morgan fingerprint density at radius 3 is 2.50 bits per heavy atom. The molecule has 2 heterocycles. The number of fused-ring (bicyclic) bond motifs is 1. The fourth-order valence-electron chi connectivity index (χ4n) is 3.96. The van der Waals surface area contributed by atoms with Gasteiger partial charge in [-0.15, -0.1) is 0 Å². The van der Waals surface area contributed by atoms with Gasteiger partial charge in [-0.05, 0) is 31.0 Å². The minimum Gasteiger partial charge on any atom is -0.450 e. The predicted octanol–water partition coefficient (Wildman–Crippen LogP) is 1.95. The summed E-state index contributed by atoms with van der Waals surface area (Å²) in [5, 5.41) is 0.533. The van der Waals surface area contributed by atoms with E-state index in [0.717, 1.165) is 30.8 Å². The van der Waals surface area contributed by atoms with Crippen molar-refractivity contribution in [2.45, 2.75) is 20.4 Å². The van der Waals surface area contributed by atoms with Gasteiger partial charge in [0, 0.05) is 11.6 Å². The van der Waals surface area contributed by atoms with E-state index in [0.29, 0.717) is 24.1 Å². The fraction of sp³-hybridized carbons (Fsp3) is 0.304. The Morgan fingerprint density at radius 2 is 1.79 bits per heavy atom. The highest BCUT2D eigenvalue weighted by Crippen LogP contribution is 2.20. The first kappa shape index (κ1) is 18.4. The van der Waals surface area contributed by atoms with Gasteiger partial charge in [0.15, 0.2) is 11.2 Å². The van der Waals surface area contributed by atoms with Crippen LogP contribution in [0.25, 0.3) is 11.0 Å². The molecule has 0 spiro atoms. The lowest BCUT2D eigenvalue weighted by atomic mass is 10.1. The summed E-state index contributed by atoms with van der Waals surface area (Å²) < 4.78 is 5.87. The zero-order valence-electron chi connectivity index (χ0n) is 16.3. The largest absolute Gasteiger partial charge is 0.450 e. The molecule has 1 aliphatic heterocycles. The van der Waals surface area contributed by atoms with Gasteiger partial charge in [-0.2, -0.15) is 0 Å². The van der Waals surface area contributed by atoms with Gasteiger partial charge in [-0.1, -0.05) is 36.4 Å². The molecule has 2 aromatic carbocycles. The van der Waals surface area contributed by atoms with Crippen LogP contribution in [-0.2, 0) is 6.54 Å². The number of piperazine rings is 1. The topological polar surface area (TPSA) is 55.0 Å². The van der Waals surface area contributed by atoms with E-state index >= 15 is 0 Å². The molecule has 3 aromatic rings. The number of quaternary nitrogens is 1. The van der Waals surface area contributed by atoms with Crippen LogP contribution in [-0.4, -0.2) is 37.0 Å². The minimum atomic E-state index is -0.197. The molecule has 1 aliphatic rings. The quantitative estimate of drug-likeness (QED) is 0.759. The molecule has 0 saturated carbocycles. The van der Waals surface area contributed by atoms with E-state index in [2.05, 4.69) is 24.3 Å². The first-order valence-corrected chi connectivity index (χ1v) is 9.73. The zero-order valence-corrected chi connectivity index (χ0v) is 16.3. The number of hydrogen-bond donors (Lipinski definition) is 1. The summed E-state index contributed by atoms with van der Waals surface area (Å²) in [6.45, 7) is 7.91. The van der Waals surface area contributed by atoms with Gasteiger partial charge in [-0.3, -0.25) is 9.59 Å². The third-order valence-electron chi connectivity index (χ3n) is 5.42. The van der Waals surface area contributed by atoms with Crippen molar-refractivity contribution in [3.63, 3.8) is 0 Å². The van der Waals surface area contributed by atoms with Crippen molar-refractivity contribution in [3.05, 3.63) is 81.2 Å². The average Bonchev–Trinajstić information content (AvgIpc) is 2.69. The molecule has 28 heavy (non-hydrogen) atoms. The van der Waals surface area contributed by atoms with Crippen LogP contribution in [0.3, 0.4) is 0 Å². The Balaban J connectivity index is 1.49. The number of carbonyl (C=O) groups is 1. The van der Waals surface area contributed by atoms with Crippen LogP contribution in [0.5, 0.6) is 0 Å². The first-order valence-electron chi connectivity index (χ1n) is 9.73. The van der Waals surface area contributed by atoms with Crippen LogP contribution in [0, 0.1) is 13.8 Å². The van der Waals surface area contributed by atoms with Crippen LogP contribution in [0.4, 0.5) is 0 Å². The Bertz CT molecular complexity index is 1060. The van der Waals surface area contributed by atoms with Gasteiger partial charge in [0.2, 0.25) is 0 Å². The molecule has 1 aromatic heterocycles. The molecule has 4 rings (SSSR count). The Labute approximate surface area is 164 Å². The maximum Gasteiger partial charge on any atom is 0.290 e. The number of amides is 1. The summed E-state index contributed by atoms with van der Waals surface area (Å²) >= 11 is 0. The van der Waals surface area contributed by atoms with E-state index in [-0.39, 0.29) is 17.1 Å². The van der Waals surface area contributed by atoms with Crippen LogP contribution < -0.4 is 10.3 Å². The highest BCUT2D eigenvalue weighted by atomic mass is 16.3. The number of nitrogens with zero attached hydrogens (tertiary/aromatic N) is 1. The van der Waals surface area contributed by atoms with E-state index < -0.39 is 0 Å². The van der Waals surface area contributed by atoms with E-state index in [9.17, 15) is 9.59 Å². The molecule has 1 saturated heterocycles. The number of aryl methyl sites for hydroxylation is 2. The van der Waals surface area contributed by atoms with E-state index in [1.807, 2.05) is 32.0 Å². The van der Waals surface area contributed by atoms with Crippen molar-refractivity contribution in [1.82, 2.24) is 4.90 Å². The molecule has 0 unspecified atom stereocenters. The van der Waals surface area contributed by atoms with E-state index in [4.69, 9.17) is 4.42 Å². The summed E-state index contributed by atoms with van der Waals surface area (Å²) in [6, 6.07) is 15.5. The first-order chi connectivity index (χ1) is 13.5. The van der Waals surface area contributed by atoms with Crippen molar-refractivity contribution in [3.8, 4) is 0 Å². The molecular formula is C23H25N2O3+. The normalized spacial score (nSPS) is 15.1. The Hall–Kier alpha value is -2.92. The highest BCUT2D eigenvalue weighted by Gasteiger charge is 2.26. The Kier molecular flexibility index (Phi) is 5.01. The van der Waals surface area contributed by atoms with Gasteiger partial charge in [0.25, 0.3) is 5.91 Å². The summed E-state index contributed by atoms with van der Waals surface area (Å²) in [5.74, 6) is -0.0614. The molecule has 1 N–H and O–H groups in total. The van der Waals surface area contributed by atoms with Gasteiger partial charge in [-0.25, -0.2) is 0 Å². The number of nitrogens with one attached hydrogen (secondary N) is 1. The lowest BCUT2D eigenvalue weighted by Gasteiger charge is -2.32. The highest BCUT2D eigenvalue weighted by molar-refractivity contribution is 5.93. The number of hydrogen-bond acceptors (Lipinski definition) is 3. The zero-order chi connectivity index (χ0) is 19.7. The smallest absolute Gasteiger partial charge is 0.290 e. The lowest BCUT2D eigenvalue weighted by molar-refractivity contribution is -0.917. The van der Waals surface area contributed by atoms with Crippen LogP contribution in [0.15, 0.2) is 57.7 Å². The molecule has 5 nitrogen and oxygen atoms in total. The van der Waals surface area contributed by atoms with Crippen LogP contribution >= 0.6 is 0 Å². The molecule has 144 valence electrons. The van der Waals surface area contributed by atoms with E-state index in [1.165, 1.54) is 16.5 Å². The molecule has 0 radical (unpaired) electrons. The van der Waals surface area contributed by atoms with Crippen molar-refractivity contribution in [1.29, 1.82) is 0 Å². The number of carbonyl (C=O) groups excluding carboxylic acids is 1. The molecule has 0 bridgehead atoms. The van der Waals surface area contributed by atoms with Gasteiger partial charge in [0.1, 0.15) is 12.1 Å². The van der Waals surface area contributed by atoms with Gasteiger partial charge >= 0.3 is 0 Å². The van der Waals surface area contributed by atoms with Crippen LogP contribution in [0.1, 0.15) is 27.2 Å².